The Bertz CT molecular complexity index is 670. The van der Waals surface area contributed by atoms with E-state index in [1.165, 1.54) is 0 Å². The lowest BCUT2D eigenvalue weighted by molar-refractivity contribution is 0.982. The van der Waals surface area contributed by atoms with Gasteiger partial charge in [-0.25, -0.2) is 9.98 Å². The zero-order chi connectivity index (χ0) is 13.6. The van der Waals surface area contributed by atoms with Gasteiger partial charge in [0.25, 0.3) is 0 Å². The van der Waals surface area contributed by atoms with E-state index in [9.17, 15) is 0 Å². The first-order valence-electron chi connectivity index (χ1n) is 6.01. The number of aliphatic imine (C=N–C) groups is 2. The number of rotatable bonds is 1. The number of amidine groups is 2. The molecule has 0 radical (unpaired) electrons. The van der Waals surface area contributed by atoms with E-state index in [0.717, 1.165) is 22.5 Å². The van der Waals surface area contributed by atoms with E-state index >= 15 is 0 Å². The van der Waals surface area contributed by atoms with Crippen molar-refractivity contribution in [3.63, 3.8) is 0 Å². The Hall–Kier alpha value is -1.94. The highest BCUT2D eigenvalue weighted by Gasteiger charge is 2.30. The molecule has 1 N–H and O–H groups in total. The molecule has 0 spiro atoms. The van der Waals surface area contributed by atoms with Crippen LogP contribution in [0.25, 0.3) is 0 Å². The maximum atomic E-state index is 8.37. The van der Waals surface area contributed by atoms with Crippen LogP contribution < -0.4 is 4.90 Å². The van der Waals surface area contributed by atoms with Crippen molar-refractivity contribution in [2.24, 2.45) is 9.98 Å². The third-order valence-corrected chi connectivity index (χ3v) is 3.64. The maximum absolute atomic E-state index is 8.37. The Morgan fingerprint density at radius 1 is 1.32 bits per heavy atom. The molecule has 3 rings (SSSR count). The summed E-state index contributed by atoms with van der Waals surface area (Å²) in [6.45, 7) is 4.33. The number of halogens is 1. The van der Waals surface area contributed by atoms with Crippen molar-refractivity contribution in [1.29, 1.82) is 5.41 Å². The molecule has 0 saturated heterocycles. The molecule has 2 aliphatic heterocycles. The highest BCUT2D eigenvalue weighted by atomic mass is 35.5. The summed E-state index contributed by atoms with van der Waals surface area (Å²) in [7, 11) is 0. The quantitative estimate of drug-likeness (QED) is 0.838. The minimum absolute atomic E-state index is 0.405. The van der Waals surface area contributed by atoms with Gasteiger partial charge < -0.3 is 4.90 Å². The summed E-state index contributed by atoms with van der Waals surface area (Å²) in [5.41, 5.74) is 3.66. The fraction of sp³-hybridized carbons (Fsp3) is 0.214. The smallest absolute Gasteiger partial charge is 0.160 e. The third kappa shape index (κ3) is 1.88. The fourth-order valence-corrected chi connectivity index (χ4v) is 2.43. The molecule has 19 heavy (non-hydrogen) atoms. The van der Waals surface area contributed by atoms with Crippen LogP contribution in [-0.2, 0) is 0 Å². The number of nitrogens with zero attached hydrogens (tertiary/aromatic N) is 3. The number of nitrogens with one attached hydrogen (secondary N) is 1. The second kappa shape index (κ2) is 4.31. The van der Waals surface area contributed by atoms with E-state index in [1.807, 2.05) is 43.0 Å². The van der Waals surface area contributed by atoms with Crippen LogP contribution >= 0.6 is 11.6 Å². The number of fused-ring (bicyclic) bond motifs is 1. The van der Waals surface area contributed by atoms with Crippen molar-refractivity contribution >= 4 is 34.7 Å². The molecule has 0 saturated carbocycles. The van der Waals surface area contributed by atoms with Gasteiger partial charge in [0.05, 0.1) is 5.57 Å². The van der Waals surface area contributed by atoms with Crippen molar-refractivity contribution in [3.05, 3.63) is 40.4 Å². The lowest BCUT2D eigenvalue weighted by atomic mass is 10.1. The summed E-state index contributed by atoms with van der Waals surface area (Å²) in [5, 5.41) is 9.03. The van der Waals surface area contributed by atoms with Gasteiger partial charge >= 0.3 is 0 Å². The average Bonchev–Trinajstić information content (AvgIpc) is 2.66. The number of hydrogen-bond donors (Lipinski definition) is 1. The Balaban J connectivity index is 2.04. The van der Waals surface area contributed by atoms with Crippen molar-refractivity contribution in [2.45, 2.75) is 13.8 Å². The molecular weight excluding hydrogens is 260 g/mol. The van der Waals surface area contributed by atoms with Crippen LogP contribution in [0.4, 0.5) is 5.69 Å². The van der Waals surface area contributed by atoms with Crippen LogP contribution in [0.1, 0.15) is 13.8 Å². The van der Waals surface area contributed by atoms with Gasteiger partial charge in [0.2, 0.25) is 0 Å². The standard InChI is InChI=1S/C14H13ClN4/c1-8-9(2)18-14-12(8)13(16)19(7-17-14)11-5-3-4-10(15)6-11/h3-6,16H,7H2,1-2H3. The zero-order valence-corrected chi connectivity index (χ0v) is 11.5. The molecular formula is C14H13ClN4. The number of benzene rings is 1. The summed E-state index contributed by atoms with van der Waals surface area (Å²) in [6, 6.07) is 7.47. The first-order valence-corrected chi connectivity index (χ1v) is 6.39. The highest BCUT2D eigenvalue weighted by molar-refractivity contribution is 6.37. The first-order chi connectivity index (χ1) is 9.08. The van der Waals surface area contributed by atoms with E-state index in [4.69, 9.17) is 17.0 Å². The van der Waals surface area contributed by atoms with Gasteiger partial charge in [-0.3, -0.25) is 5.41 Å². The zero-order valence-electron chi connectivity index (χ0n) is 10.7. The summed E-state index contributed by atoms with van der Waals surface area (Å²) in [6.07, 6.45) is 0. The monoisotopic (exact) mass is 272 g/mol. The van der Waals surface area contributed by atoms with Crippen molar-refractivity contribution in [1.82, 2.24) is 0 Å². The van der Waals surface area contributed by atoms with E-state index in [0.29, 0.717) is 23.4 Å². The molecule has 5 heteroatoms. The molecule has 0 unspecified atom stereocenters. The third-order valence-electron chi connectivity index (χ3n) is 3.40. The highest BCUT2D eigenvalue weighted by Crippen LogP contribution is 2.28. The largest absolute Gasteiger partial charge is 0.306 e. The molecule has 0 amide bonds. The van der Waals surface area contributed by atoms with Gasteiger partial charge in [-0.2, -0.15) is 0 Å². The molecule has 4 nitrogen and oxygen atoms in total. The average molecular weight is 273 g/mol. The molecule has 0 fully saturated rings. The van der Waals surface area contributed by atoms with Crippen LogP contribution in [-0.4, -0.2) is 24.1 Å². The predicted molar refractivity (Wildman–Crippen MR) is 79.8 cm³/mol. The van der Waals surface area contributed by atoms with Gasteiger partial charge in [0, 0.05) is 16.4 Å². The van der Waals surface area contributed by atoms with Crippen LogP contribution in [0.15, 0.2) is 45.4 Å². The Labute approximate surface area is 116 Å². The molecule has 0 bridgehead atoms. The van der Waals surface area contributed by atoms with Gasteiger partial charge in [0.1, 0.15) is 12.5 Å². The number of hydrogen-bond acceptors (Lipinski definition) is 3. The SMILES string of the molecule is CC1=NC2=NCN(c3cccc(Cl)c3)C(=N)C2=C1C. The van der Waals surface area contributed by atoms with Gasteiger partial charge in [-0.05, 0) is 37.6 Å². The first kappa shape index (κ1) is 12.1. The van der Waals surface area contributed by atoms with Crippen LogP contribution in [0.2, 0.25) is 5.02 Å². The van der Waals surface area contributed by atoms with E-state index in [2.05, 4.69) is 9.98 Å². The topological polar surface area (TPSA) is 51.8 Å². The minimum Gasteiger partial charge on any atom is -0.306 e. The van der Waals surface area contributed by atoms with Crippen LogP contribution in [0, 0.1) is 5.41 Å². The van der Waals surface area contributed by atoms with E-state index in [-0.39, 0.29) is 0 Å². The Morgan fingerprint density at radius 2 is 2.11 bits per heavy atom. The van der Waals surface area contributed by atoms with Gasteiger partial charge in [-0.15, -0.1) is 0 Å². The van der Waals surface area contributed by atoms with Crippen molar-refractivity contribution < 1.29 is 0 Å². The molecule has 0 aliphatic carbocycles. The van der Waals surface area contributed by atoms with Gasteiger partial charge in [-0.1, -0.05) is 17.7 Å². The second-order valence-electron chi connectivity index (χ2n) is 4.58. The molecule has 1 aromatic carbocycles. The molecule has 2 aliphatic rings. The van der Waals surface area contributed by atoms with E-state index < -0.39 is 0 Å². The Kier molecular flexibility index (Phi) is 2.75. The lowest BCUT2D eigenvalue weighted by Crippen LogP contribution is -2.37. The fourth-order valence-electron chi connectivity index (χ4n) is 2.24. The second-order valence-corrected chi connectivity index (χ2v) is 5.01. The predicted octanol–water partition coefficient (Wildman–Crippen LogP) is 3.28. The summed E-state index contributed by atoms with van der Waals surface area (Å²) < 4.78 is 0. The summed E-state index contributed by atoms with van der Waals surface area (Å²) in [5.74, 6) is 1.11. The minimum atomic E-state index is 0.405. The van der Waals surface area contributed by atoms with Crippen LogP contribution in [0.3, 0.4) is 0 Å². The maximum Gasteiger partial charge on any atom is 0.160 e. The van der Waals surface area contributed by atoms with Crippen molar-refractivity contribution in [2.75, 3.05) is 11.6 Å². The number of allylic oxidation sites excluding steroid dienone is 1. The normalized spacial score (nSPS) is 18.5. The molecule has 96 valence electrons. The molecule has 0 atom stereocenters. The van der Waals surface area contributed by atoms with E-state index in [1.54, 1.807) is 0 Å². The summed E-state index contributed by atoms with van der Waals surface area (Å²) >= 11 is 6.01. The molecule has 0 aromatic heterocycles. The van der Waals surface area contributed by atoms with Crippen LogP contribution in [0.5, 0.6) is 0 Å². The molecule has 2 heterocycles. The molecule has 1 aromatic rings. The number of anilines is 1. The van der Waals surface area contributed by atoms with Gasteiger partial charge in [0.15, 0.2) is 5.84 Å². The van der Waals surface area contributed by atoms with Crippen molar-refractivity contribution in [3.8, 4) is 0 Å². The Morgan fingerprint density at radius 3 is 2.84 bits per heavy atom. The lowest BCUT2D eigenvalue weighted by Gasteiger charge is -2.28. The summed E-state index contributed by atoms with van der Waals surface area (Å²) in [4.78, 5) is 10.7.